The second-order valence-electron chi connectivity index (χ2n) is 2.02. The van der Waals surface area contributed by atoms with Crippen molar-refractivity contribution >= 4 is 30.5 Å². The minimum Gasteiger partial charge on any atom is -0.482 e. The molecule has 1 unspecified atom stereocenters. The summed E-state index contributed by atoms with van der Waals surface area (Å²) in [4.78, 5) is 7.97. The maximum absolute atomic E-state index is 5.00. The minimum absolute atomic E-state index is 0.803. The average molecular weight is 151 g/mol. The van der Waals surface area contributed by atoms with Crippen LogP contribution in [0.3, 0.4) is 0 Å². The molecule has 10 heavy (non-hydrogen) atoms. The van der Waals surface area contributed by atoms with Crippen LogP contribution in [0.25, 0.3) is 0 Å². The van der Waals surface area contributed by atoms with Crippen LogP contribution in [0.2, 0.25) is 0 Å². The number of hydrogen-bond acceptors (Lipinski definition) is 3. The topological polar surface area (TPSA) is 29.7 Å². The highest BCUT2D eigenvalue weighted by Gasteiger charge is 2.10. The summed E-state index contributed by atoms with van der Waals surface area (Å²) in [6, 6.07) is 1.88. The van der Waals surface area contributed by atoms with Gasteiger partial charge in [0.15, 0.2) is 6.34 Å². The molecule has 4 heteroatoms. The average Bonchev–Trinajstić information content (AvgIpc) is 2.34. The van der Waals surface area contributed by atoms with E-state index in [0.717, 1.165) is 15.7 Å². The van der Waals surface area contributed by atoms with Gasteiger partial charge in [0.25, 0.3) is 0 Å². The summed E-state index contributed by atoms with van der Waals surface area (Å²) in [5.41, 5.74) is 1.90. The minimum atomic E-state index is 0.803. The number of aliphatic imine (C=N–C) groups is 1. The zero-order valence-electron chi connectivity index (χ0n) is 5.11. The van der Waals surface area contributed by atoms with Crippen molar-refractivity contribution in [1.29, 1.82) is 0 Å². The van der Waals surface area contributed by atoms with Gasteiger partial charge in [0.2, 0.25) is 0 Å². The van der Waals surface area contributed by atoms with Gasteiger partial charge in [0.05, 0.1) is 6.20 Å². The van der Waals surface area contributed by atoms with Gasteiger partial charge in [-0.1, -0.05) is 0 Å². The maximum Gasteiger partial charge on any atom is 0.176 e. The zero-order valence-corrected chi connectivity index (χ0v) is 5.93. The Kier molecular flexibility index (Phi) is 1.22. The molecular formula is C6H5N3S. The van der Waals surface area contributed by atoms with Crippen LogP contribution in [0.5, 0.6) is 0 Å². The number of aromatic nitrogens is 1. The fraction of sp³-hybridized carbons (Fsp3) is 0. The smallest absolute Gasteiger partial charge is 0.176 e. The van der Waals surface area contributed by atoms with Gasteiger partial charge in [0, 0.05) is 12.3 Å². The fourth-order valence-corrected chi connectivity index (χ4v) is 1.12. The summed E-state index contributed by atoms with van der Waals surface area (Å²) >= 11 is 5.00. The molecule has 1 aromatic heterocycles. The summed E-state index contributed by atoms with van der Waals surface area (Å²) in [6.45, 7) is 0. The van der Waals surface area contributed by atoms with Gasteiger partial charge in [0.1, 0.15) is 11.4 Å². The molecule has 2 rings (SSSR count). The Labute approximate surface area is 64.0 Å². The Morgan fingerprint density at radius 1 is 1.50 bits per heavy atom. The van der Waals surface area contributed by atoms with E-state index in [9.17, 15) is 0 Å². The first-order chi connectivity index (χ1) is 4.88. The second-order valence-corrected chi connectivity index (χ2v) is 2.46. The van der Waals surface area contributed by atoms with Crippen LogP contribution in [0.1, 0.15) is 0 Å². The molecule has 1 aromatic rings. The predicted molar refractivity (Wildman–Crippen MR) is 40.4 cm³/mol. The molecule has 1 N–H and O–H groups in total. The van der Waals surface area contributed by atoms with E-state index in [1.165, 1.54) is 0 Å². The van der Waals surface area contributed by atoms with Gasteiger partial charge >= 0.3 is 0 Å². The third-order valence-electron chi connectivity index (χ3n) is 1.39. The van der Waals surface area contributed by atoms with Crippen LogP contribution in [0, 0.1) is 0 Å². The van der Waals surface area contributed by atoms with Gasteiger partial charge in [-0.3, -0.25) is 4.98 Å². The van der Waals surface area contributed by atoms with Crippen LogP contribution in [-0.4, -0.2) is 11.3 Å². The monoisotopic (exact) mass is 151 g/mol. The van der Waals surface area contributed by atoms with Crippen molar-refractivity contribution in [1.82, 2.24) is 4.98 Å². The largest absolute Gasteiger partial charge is 0.482 e. The zero-order chi connectivity index (χ0) is 6.97. The predicted octanol–water partition coefficient (Wildman–Crippen LogP) is -0.267. The van der Waals surface area contributed by atoms with E-state index < -0.39 is 0 Å². The van der Waals surface area contributed by atoms with Crippen LogP contribution in [0.4, 0.5) is 11.4 Å². The molecule has 0 aromatic carbocycles. The van der Waals surface area contributed by atoms with Crippen molar-refractivity contribution < 1.29 is 4.31 Å². The molecule has 0 saturated heterocycles. The Morgan fingerprint density at radius 2 is 2.40 bits per heavy atom. The third-order valence-corrected chi connectivity index (χ3v) is 1.71. The molecule has 0 aliphatic carbocycles. The number of pyridine rings is 1. The van der Waals surface area contributed by atoms with Crippen LogP contribution in [0.15, 0.2) is 23.5 Å². The van der Waals surface area contributed by atoms with E-state index in [0.29, 0.717) is 0 Å². The number of rotatable bonds is 0. The lowest BCUT2D eigenvalue weighted by Gasteiger charge is -2.10. The standard InChI is InChI=1S/C6H5N3S/c10-9-4-8-5-3-7-2-1-6(5)9/h1-4,9H. The van der Waals surface area contributed by atoms with E-state index in [2.05, 4.69) is 9.98 Å². The highest BCUT2D eigenvalue weighted by molar-refractivity contribution is 7.51. The lowest BCUT2D eigenvalue weighted by molar-refractivity contribution is -0.543. The number of quaternary nitrogens is 1. The molecule has 1 aliphatic heterocycles. The molecule has 0 saturated carbocycles. The molecule has 0 fully saturated rings. The van der Waals surface area contributed by atoms with E-state index in [1.807, 2.05) is 6.07 Å². The molecule has 3 nitrogen and oxygen atoms in total. The quantitative estimate of drug-likeness (QED) is 0.517. The van der Waals surface area contributed by atoms with E-state index in [-0.39, 0.29) is 0 Å². The van der Waals surface area contributed by atoms with Crippen molar-refractivity contribution in [3.63, 3.8) is 0 Å². The molecule has 0 radical (unpaired) electrons. The van der Waals surface area contributed by atoms with E-state index >= 15 is 0 Å². The van der Waals surface area contributed by atoms with E-state index in [1.54, 1.807) is 18.7 Å². The Hall–Kier alpha value is -0.870. The fourth-order valence-electron chi connectivity index (χ4n) is 0.895. The second kappa shape index (κ2) is 2.07. The molecule has 2 heterocycles. The molecule has 50 valence electrons. The number of nitrogens with one attached hydrogen (secondary N) is 1. The molecule has 1 aliphatic rings. The third kappa shape index (κ3) is 0.732. The Bertz CT molecular complexity index is 284. The molecule has 1 atom stereocenters. The van der Waals surface area contributed by atoms with Crippen molar-refractivity contribution in [3.8, 4) is 0 Å². The molecule has 0 spiro atoms. The first kappa shape index (κ1) is 5.88. The van der Waals surface area contributed by atoms with E-state index in [4.69, 9.17) is 12.8 Å². The number of fused-ring (bicyclic) bond motifs is 1. The molecule has 0 amide bonds. The first-order valence-corrected chi connectivity index (χ1v) is 3.31. The lowest BCUT2D eigenvalue weighted by atomic mass is 10.4. The highest BCUT2D eigenvalue weighted by atomic mass is 32.1. The number of nitrogens with zero attached hydrogens (tertiary/aromatic N) is 2. The van der Waals surface area contributed by atoms with Crippen molar-refractivity contribution in [2.45, 2.75) is 0 Å². The van der Waals surface area contributed by atoms with Gasteiger partial charge in [-0.2, -0.15) is 4.99 Å². The summed E-state index contributed by atoms with van der Waals surface area (Å²) in [7, 11) is 0. The highest BCUT2D eigenvalue weighted by Crippen LogP contribution is 2.20. The Morgan fingerprint density at radius 3 is 3.20 bits per heavy atom. The lowest BCUT2D eigenvalue weighted by Crippen LogP contribution is -2.99. The van der Waals surface area contributed by atoms with Gasteiger partial charge < -0.3 is 17.1 Å². The maximum atomic E-state index is 5.00. The Balaban J connectivity index is 2.59. The van der Waals surface area contributed by atoms with Crippen molar-refractivity contribution in [2.24, 2.45) is 4.99 Å². The van der Waals surface area contributed by atoms with Gasteiger partial charge in [-0.15, -0.1) is 0 Å². The SMILES string of the molecule is [S-][NH+]1C=Nc2cnccc21. The molecular weight excluding hydrogens is 146 g/mol. The summed E-state index contributed by atoms with van der Waals surface area (Å²) < 4.78 is 0.803. The van der Waals surface area contributed by atoms with Crippen LogP contribution in [-0.2, 0) is 12.8 Å². The number of hydrogen-bond donors (Lipinski definition) is 1. The van der Waals surface area contributed by atoms with Gasteiger partial charge in [-0.25, -0.2) is 0 Å². The van der Waals surface area contributed by atoms with Crippen molar-refractivity contribution in [2.75, 3.05) is 0 Å². The summed E-state index contributed by atoms with van der Waals surface area (Å²) in [5, 5.41) is 0. The van der Waals surface area contributed by atoms with Crippen LogP contribution >= 0.6 is 0 Å². The van der Waals surface area contributed by atoms with Crippen LogP contribution < -0.4 is 4.31 Å². The normalized spacial score (nSPS) is 21.1. The van der Waals surface area contributed by atoms with Gasteiger partial charge in [-0.05, 0) is 0 Å². The first-order valence-electron chi connectivity index (χ1n) is 2.90. The van der Waals surface area contributed by atoms with Crippen molar-refractivity contribution in [3.05, 3.63) is 18.5 Å². The summed E-state index contributed by atoms with van der Waals surface area (Å²) in [6.07, 6.45) is 5.12. The molecule has 0 bridgehead atoms. The summed E-state index contributed by atoms with van der Waals surface area (Å²) in [5.74, 6) is 0.